The molecule has 0 atom stereocenters. The lowest BCUT2D eigenvalue weighted by Crippen LogP contribution is -2.28. The lowest BCUT2D eigenvalue weighted by molar-refractivity contribution is -0.122. The van der Waals surface area contributed by atoms with Crippen molar-refractivity contribution in [1.82, 2.24) is 10.6 Å². The summed E-state index contributed by atoms with van der Waals surface area (Å²) in [7, 11) is 0. The van der Waals surface area contributed by atoms with Crippen molar-refractivity contribution in [2.45, 2.75) is 26.8 Å². The molecule has 2 N–H and O–H groups in total. The maximum atomic E-state index is 13.2. The number of halogens is 1. The van der Waals surface area contributed by atoms with Crippen molar-refractivity contribution in [3.63, 3.8) is 0 Å². The van der Waals surface area contributed by atoms with E-state index in [1.54, 1.807) is 6.07 Å². The van der Waals surface area contributed by atoms with E-state index in [0.29, 0.717) is 18.8 Å². The molecule has 0 aliphatic carbocycles. The van der Waals surface area contributed by atoms with Crippen LogP contribution in [0.25, 0.3) is 0 Å². The SMILES string of the molecule is CCCNCc1cc(F)ccc1OCC(=O)NCC. The number of nitrogens with one attached hydrogen (secondary N) is 2. The third kappa shape index (κ3) is 5.70. The topological polar surface area (TPSA) is 50.4 Å². The number of ether oxygens (including phenoxy) is 1. The van der Waals surface area contributed by atoms with Gasteiger partial charge in [-0.05, 0) is 38.1 Å². The van der Waals surface area contributed by atoms with E-state index in [-0.39, 0.29) is 18.3 Å². The molecule has 1 aromatic carbocycles. The van der Waals surface area contributed by atoms with Gasteiger partial charge in [0.05, 0.1) is 0 Å². The molecule has 19 heavy (non-hydrogen) atoms. The molecule has 0 unspecified atom stereocenters. The van der Waals surface area contributed by atoms with Crippen molar-refractivity contribution in [2.24, 2.45) is 0 Å². The highest BCUT2D eigenvalue weighted by Gasteiger charge is 2.07. The molecule has 0 fully saturated rings. The van der Waals surface area contributed by atoms with Gasteiger partial charge in [0.25, 0.3) is 5.91 Å². The quantitative estimate of drug-likeness (QED) is 0.707. The number of hydrogen-bond donors (Lipinski definition) is 2. The number of rotatable bonds is 8. The third-order valence-corrected chi connectivity index (χ3v) is 2.50. The van der Waals surface area contributed by atoms with Crippen molar-refractivity contribution >= 4 is 5.91 Å². The van der Waals surface area contributed by atoms with Gasteiger partial charge < -0.3 is 15.4 Å². The fourth-order valence-corrected chi connectivity index (χ4v) is 1.62. The number of hydrogen-bond acceptors (Lipinski definition) is 3. The van der Waals surface area contributed by atoms with Gasteiger partial charge in [-0.25, -0.2) is 4.39 Å². The summed E-state index contributed by atoms with van der Waals surface area (Å²) in [5, 5.41) is 5.83. The second-order valence-corrected chi connectivity index (χ2v) is 4.17. The largest absolute Gasteiger partial charge is 0.483 e. The van der Waals surface area contributed by atoms with E-state index in [2.05, 4.69) is 17.6 Å². The first-order valence-electron chi connectivity index (χ1n) is 6.56. The van der Waals surface area contributed by atoms with E-state index < -0.39 is 0 Å². The first-order chi connectivity index (χ1) is 9.17. The lowest BCUT2D eigenvalue weighted by atomic mass is 10.2. The smallest absolute Gasteiger partial charge is 0.257 e. The summed E-state index contributed by atoms with van der Waals surface area (Å²) in [5.41, 5.74) is 0.720. The van der Waals surface area contributed by atoms with Crippen molar-refractivity contribution < 1.29 is 13.9 Å². The highest BCUT2D eigenvalue weighted by atomic mass is 19.1. The molecule has 1 aromatic rings. The molecule has 1 rings (SSSR count). The fourth-order valence-electron chi connectivity index (χ4n) is 1.62. The Morgan fingerprint density at radius 1 is 1.37 bits per heavy atom. The number of benzene rings is 1. The Bertz CT molecular complexity index is 410. The highest BCUT2D eigenvalue weighted by Crippen LogP contribution is 2.19. The summed E-state index contributed by atoms with van der Waals surface area (Å²) in [6.45, 7) is 5.79. The van der Waals surface area contributed by atoms with Gasteiger partial charge in [-0.3, -0.25) is 4.79 Å². The van der Waals surface area contributed by atoms with Crippen molar-refractivity contribution in [2.75, 3.05) is 19.7 Å². The molecule has 0 aliphatic rings. The van der Waals surface area contributed by atoms with E-state index >= 15 is 0 Å². The molecular weight excluding hydrogens is 247 g/mol. The van der Waals surface area contributed by atoms with Gasteiger partial charge in [-0.15, -0.1) is 0 Å². The van der Waals surface area contributed by atoms with Gasteiger partial charge >= 0.3 is 0 Å². The van der Waals surface area contributed by atoms with Gasteiger partial charge in [-0.1, -0.05) is 6.92 Å². The summed E-state index contributed by atoms with van der Waals surface area (Å²) < 4.78 is 18.6. The summed E-state index contributed by atoms with van der Waals surface area (Å²) in [5.74, 6) is 0.0502. The predicted octanol–water partition coefficient (Wildman–Crippen LogP) is 1.84. The molecule has 0 saturated heterocycles. The Kier molecular flexibility index (Phi) is 6.89. The summed E-state index contributed by atoms with van der Waals surface area (Å²) in [6.07, 6.45) is 1.00. The van der Waals surface area contributed by atoms with Crippen LogP contribution in [-0.4, -0.2) is 25.6 Å². The van der Waals surface area contributed by atoms with Crippen molar-refractivity contribution in [3.8, 4) is 5.75 Å². The van der Waals surface area contributed by atoms with Gasteiger partial charge in [-0.2, -0.15) is 0 Å². The molecule has 0 bridgehead atoms. The minimum atomic E-state index is -0.307. The summed E-state index contributed by atoms with van der Waals surface area (Å²) >= 11 is 0. The van der Waals surface area contributed by atoms with E-state index in [1.165, 1.54) is 12.1 Å². The van der Waals surface area contributed by atoms with Crippen LogP contribution in [-0.2, 0) is 11.3 Å². The standard InChI is InChI=1S/C14H21FN2O2/c1-3-7-16-9-11-8-12(15)5-6-13(11)19-10-14(18)17-4-2/h5-6,8,16H,3-4,7,9-10H2,1-2H3,(H,17,18). The zero-order chi connectivity index (χ0) is 14.1. The Hall–Kier alpha value is -1.62. The van der Waals surface area contributed by atoms with E-state index in [9.17, 15) is 9.18 Å². The molecule has 0 saturated carbocycles. The van der Waals surface area contributed by atoms with Crippen LogP contribution >= 0.6 is 0 Å². The van der Waals surface area contributed by atoms with Gasteiger partial charge in [0.15, 0.2) is 6.61 Å². The number of likely N-dealkylation sites (N-methyl/N-ethyl adjacent to an activating group) is 1. The summed E-state index contributed by atoms with van der Waals surface area (Å²) in [6, 6.07) is 4.31. The normalized spacial score (nSPS) is 10.3. The maximum Gasteiger partial charge on any atom is 0.257 e. The number of amides is 1. The molecule has 0 aliphatic heterocycles. The molecule has 0 spiro atoms. The van der Waals surface area contributed by atoms with E-state index in [4.69, 9.17) is 4.74 Å². The average molecular weight is 268 g/mol. The van der Waals surface area contributed by atoms with Gasteiger partial charge in [0.2, 0.25) is 0 Å². The van der Waals surface area contributed by atoms with E-state index in [1.807, 2.05) is 6.92 Å². The number of carbonyl (C=O) groups is 1. The average Bonchev–Trinajstić information content (AvgIpc) is 2.38. The molecule has 0 aromatic heterocycles. The van der Waals surface area contributed by atoms with Crippen LogP contribution in [0.15, 0.2) is 18.2 Å². The molecule has 1 amide bonds. The first-order valence-corrected chi connectivity index (χ1v) is 6.56. The molecule has 4 nitrogen and oxygen atoms in total. The molecule has 5 heteroatoms. The monoisotopic (exact) mass is 268 g/mol. The van der Waals surface area contributed by atoms with Crippen LogP contribution in [0.3, 0.4) is 0 Å². The Morgan fingerprint density at radius 3 is 2.84 bits per heavy atom. The minimum Gasteiger partial charge on any atom is -0.483 e. The lowest BCUT2D eigenvalue weighted by Gasteiger charge is -2.12. The second-order valence-electron chi connectivity index (χ2n) is 4.17. The van der Waals surface area contributed by atoms with Crippen LogP contribution in [0.2, 0.25) is 0 Å². The van der Waals surface area contributed by atoms with Gasteiger partial charge in [0, 0.05) is 18.7 Å². The third-order valence-electron chi connectivity index (χ3n) is 2.50. The minimum absolute atomic E-state index is 0.0553. The Morgan fingerprint density at radius 2 is 2.16 bits per heavy atom. The molecule has 0 radical (unpaired) electrons. The zero-order valence-corrected chi connectivity index (χ0v) is 11.5. The summed E-state index contributed by atoms with van der Waals surface area (Å²) in [4.78, 5) is 11.3. The van der Waals surface area contributed by atoms with Crippen molar-refractivity contribution in [1.29, 1.82) is 0 Å². The number of carbonyl (C=O) groups excluding carboxylic acids is 1. The van der Waals surface area contributed by atoms with Gasteiger partial charge in [0.1, 0.15) is 11.6 Å². The van der Waals surface area contributed by atoms with Crippen molar-refractivity contribution in [3.05, 3.63) is 29.6 Å². The van der Waals surface area contributed by atoms with Crippen LogP contribution in [0.5, 0.6) is 5.75 Å². The first kappa shape index (κ1) is 15.4. The van der Waals surface area contributed by atoms with Crippen LogP contribution in [0.4, 0.5) is 4.39 Å². The zero-order valence-electron chi connectivity index (χ0n) is 11.5. The van der Waals surface area contributed by atoms with E-state index in [0.717, 1.165) is 18.5 Å². The second kappa shape index (κ2) is 8.48. The van der Waals surface area contributed by atoms with Crippen LogP contribution in [0, 0.1) is 5.82 Å². The molecule has 0 heterocycles. The Labute approximate surface area is 113 Å². The Balaban J connectivity index is 2.62. The molecular formula is C14H21FN2O2. The van der Waals surface area contributed by atoms with Crippen LogP contribution < -0.4 is 15.4 Å². The predicted molar refractivity (Wildman–Crippen MR) is 72.6 cm³/mol. The maximum absolute atomic E-state index is 13.2. The van der Waals surface area contributed by atoms with Crippen LogP contribution in [0.1, 0.15) is 25.8 Å². The highest BCUT2D eigenvalue weighted by molar-refractivity contribution is 5.77. The molecule has 106 valence electrons. The fraction of sp³-hybridized carbons (Fsp3) is 0.500.